The summed E-state index contributed by atoms with van der Waals surface area (Å²) in [4.78, 5) is 8.51. The number of methoxy groups -OCH3 is 1. The number of thiazole rings is 1. The smallest absolute Gasteiger partial charge is 0.213 e. The lowest BCUT2D eigenvalue weighted by Gasteiger charge is -2.04. The van der Waals surface area contributed by atoms with Gasteiger partial charge < -0.3 is 10.1 Å². The van der Waals surface area contributed by atoms with Crippen LogP contribution in [0.2, 0.25) is 0 Å². The highest BCUT2D eigenvalue weighted by atomic mass is 32.1. The Labute approximate surface area is 105 Å². The normalized spacial score (nSPS) is 10.2. The quantitative estimate of drug-likeness (QED) is 0.885. The molecule has 2 rings (SSSR count). The molecule has 0 amide bonds. The van der Waals surface area contributed by atoms with Crippen LogP contribution < -0.4 is 10.1 Å². The molecular weight excluding hydrogens is 234 g/mol. The Morgan fingerprint density at radius 1 is 1.47 bits per heavy atom. The summed E-state index contributed by atoms with van der Waals surface area (Å²) < 4.78 is 5.08. The number of nitrogens with one attached hydrogen (secondary N) is 1. The Morgan fingerprint density at radius 3 is 3.06 bits per heavy atom. The third kappa shape index (κ3) is 3.17. The van der Waals surface area contributed by atoms with Gasteiger partial charge in [-0.05, 0) is 18.1 Å². The Bertz CT molecular complexity index is 484. The standard InChI is InChI=1S/C12H15N3OS/c1-3-10-8-17-12(15-10)14-7-9-4-5-13-11(6-9)16-2/h4-6,8H,3,7H2,1-2H3,(H,14,15). The van der Waals surface area contributed by atoms with Crippen LogP contribution in [-0.4, -0.2) is 17.1 Å². The first-order valence-electron chi connectivity index (χ1n) is 5.49. The first-order chi connectivity index (χ1) is 8.31. The van der Waals surface area contributed by atoms with Gasteiger partial charge >= 0.3 is 0 Å². The maximum Gasteiger partial charge on any atom is 0.213 e. The van der Waals surface area contributed by atoms with E-state index in [1.807, 2.05) is 12.1 Å². The van der Waals surface area contributed by atoms with Gasteiger partial charge in [0.1, 0.15) is 0 Å². The van der Waals surface area contributed by atoms with Gasteiger partial charge in [-0.15, -0.1) is 11.3 Å². The van der Waals surface area contributed by atoms with Crippen molar-refractivity contribution in [1.82, 2.24) is 9.97 Å². The van der Waals surface area contributed by atoms with E-state index in [0.29, 0.717) is 5.88 Å². The number of ether oxygens (including phenoxy) is 1. The number of hydrogen-bond acceptors (Lipinski definition) is 5. The Kier molecular flexibility index (Phi) is 3.93. The van der Waals surface area contributed by atoms with Crippen molar-refractivity contribution in [3.63, 3.8) is 0 Å². The molecule has 0 unspecified atom stereocenters. The van der Waals surface area contributed by atoms with E-state index in [9.17, 15) is 0 Å². The van der Waals surface area contributed by atoms with E-state index < -0.39 is 0 Å². The van der Waals surface area contributed by atoms with Crippen LogP contribution in [0.3, 0.4) is 0 Å². The topological polar surface area (TPSA) is 47.0 Å². The van der Waals surface area contributed by atoms with E-state index in [4.69, 9.17) is 4.74 Å². The van der Waals surface area contributed by atoms with Crippen LogP contribution in [0.15, 0.2) is 23.7 Å². The number of anilines is 1. The van der Waals surface area contributed by atoms with Crippen molar-refractivity contribution in [2.45, 2.75) is 19.9 Å². The van der Waals surface area contributed by atoms with Gasteiger partial charge in [0.05, 0.1) is 12.8 Å². The minimum atomic E-state index is 0.637. The van der Waals surface area contributed by atoms with Crippen LogP contribution in [0, 0.1) is 0 Å². The fourth-order valence-electron chi connectivity index (χ4n) is 1.40. The second-order valence-corrected chi connectivity index (χ2v) is 4.42. The number of hydrogen-bond donors (Lipinski definition) is 1. The first-order valence-corrected chi connectivity index (χ1v) is 6.37. The second-order valence-electron chi connectivity index (χ2n) is 3.56. The maximum absolute atomic E-state index is 5.08. The second kappa shape index (κ2) is 5.63. The number of aromatic nitrogens is 2. The zero-order valence-corrected chi connectivity index (χ0v) is 10.8. The zero-order chi connectivity index (χ0) is 12.1. The number of aryl methyl sites for hydroxylation is 1. The molecule has 0 radical (unpaired) electrons. The van der Waals surface area contributed by atoms with Gasteiger partial charge in [-0.3, -0.25) is 0 Å². The van der Waals surface area contributed by atoms with Crippen molar-refractivity contribution in [2.75, 3.05) is 12.4 Å². The molecule has 0 aliphatic carbocycles. The zero-order valence-electron chi connectivity index (χ0n) is 9.93. The molecule has 17 heavy (non-hydrogen) atoms. The fourth-order valence-corrected chi connectivity index (χ4v) is 2.19. The molecule has 0 saturated carbocycles. The van der Waals surface area contributed by atoms with E-state index in [1.165, 1.54) is 0 Å². The summed E-state index contributed by atoms with van der Waals surface area (Å²) in [7, 11) is 1.62. The molecule has 0 spiro atoms. The largest absolute Gasteiger partial charge is 0.481 e. The van der Waals surface area contributed by atoms with Crippen LogP contribution in [0.25, 0.3) is 0 Å². The molecule has 0 aliphatic heterocycles. The van der Waals surface area contributed by atoms with Gasteiger partial charge in [0.25, 0.3) is 0 Å². The van der Waals surface area contributed by atoms with E-state index in [-0.39, 0.29) is 0 Å². The van der Waals surface area contributed by atoms with Gasteiger partial charge in [0, 0.05) is 24.2 Å². The summed E-state index contributed by atoms with van der Waals surface area (Å²) >= 11 is 1.63. The minimum absolute atomic E-state index is 0.637. The summed E-state index contributed by atoms with van der Waals surface area (Å²) in [6, 6.07) is 3.88. The molecule has 0 fully saturated rings. The Balaban J connectivity index is 1.96. The molecule has 90 valence electrons. The molecule has 5 heteroatoms. The van der Waals surface area contributed by atoms with Crippen molar-refractivity contribution in [2.24, 2.45) is 0 Å². The third-order valence-corrected chi connectivity index (χ3v) is 3.21. The first kappa shape index (κ1) is 11.9. The molecule has 4 nitrogen and oxygen atoms in total. The minimum Gasteiger partial charge on any atom is -0.481 e. The summed E-state index contributed by atoms with van der Waals surface area (Å²) in [6.45, 7) is 2.84. The van der Waals surface area contributed by atoms with E-state index in [1.54, 1.807) is 24.6 Å². The molecule has 0 aliphatic rings. The summed E-state index contributed by atoms with van der Waals surface area (Å²) in [5.41, 5.74) is 2.26. The molecule has 0 atom stereocenters. The van der Waals surface area contributed by atoms with E-state index in [2.05, 4.69) is 27.6 Å². The van der Waals surface area contributed by atoms with E-state index >= 15 is 0 Å². The van der Waals surface area contributed by atoms with Crippen LogP contribution >= 0.6 is 11.3 Å². The molecular formula is C12H15N3OS. The lowest BCUT2D eigenvalue weighted by Crippen LogP contribution is -2.00. The number of pyridine rings is 1. The highest BCUT2D eigenvalue weighted by molar-refractivity contribution is 7.13. The number of nitrogens with zero attached hydrogens (tertiary/aromatic N) is 2. The molecule has 1 N–H and O–H groups in total. The predicted octanol–water partition coefficient (Wildman–Crippen LogP) is 2.72. The van der Waals surface area contributed by atoms with Gasteiger partial charge in [-0.2, -0.15) is 0 Å². The predicted molar refractivity (Wildman–Crippen MR) is 69.6 cm³/mol. The van der Waals surface area contributed by atoms with Crippen molar-refractivity contribution in [3.8, 4) is 5.88 Å². The molecule has 0 aromatic carbocycles. The summed E-state index contributed by atoms with van der Waals surface area (Å²) in [5, 5.41) is 6.33. The summed E-state index contributed by atoms with van der Waals surface area (Å²) in [6.07, 6.45) is 2.72. The lowest BCUT2D eigenvalue weighted by molar-refractivity contribution is 0.397. The SMILES string of the molecule is CCc1csc(NCc2ccnc(OC)c2)n1. The van der Waals surface area contributed by atoms with Crippen LogP contribution in [-0.2, 0) is 13.0 Å². The van der Waals surface area contributed by atoms with Crippen LogP contribution in [0.4, 0.5) is 5.13 Å². The molecule has 2 heterocycles. The van der Waals surface area contributed by atoms with Gasteiger partial charge in [0.2, 0.25) is 5.88 Å². The molecule has 0 saturated heterocycles. The van der Waals surface area contributed by atoms with Crippen molar-refractivity contribution >= 4 is 16.5 Å². The monoisotopic (exact) mass is 249 g/mol. The highest BCUT2D eigenvalue weighted by Crippen LogP contribution is 2.17. The molecule has 0 bridgehead atoms. The van der Waals surface area contributed by atoms with Crippen molar-refractivity contribution in [3.05, 3.63) is 35.0 Å². The van der Waals surface area contributed by atoms with Gasteiger partial charge in [-0.1, -0.05) is 6.92 Å². The molecule has 2 aromatic heterocycles. The Hall–Kier alpha value is -1.62. The molecule has 2 aromatic rings. The van der Waals surface area contributed by atoms with Gasteiger partial charge in [-0.25, -0.2) is 9.97 Å². The third-order valence-electron chi connectivity index (χ3n) is 2.37. The maximum atomic E-state index is 5.08. The van der Waals surface area contributed by atoms with Gasteiger partial charge in [0.15, 0.2) is 5.13 Å². The van der Waals surface area contributed by atoms with E-state index in [0.717, 1.165) is 29.4 Å². The highest BCUT2D eigenvalue weighted by Gasteiger charge is 2.01. The van der Waals surface area contributed by atoms with Crippen molar-refractivity contribution in [1.29, 1.82) is 0 Å². The van der Waals surface area contributed by atoms with Crippen LogP contribution in [0.1, 0.15) is 18.2 Å². The summed E-state index contributed by atoms with van der Waals surface area (Å²) in [5.74, 6) is 0.637. The van der Waals surface area contributed by atoms with Crippen molar-refractivity contribution < 1.29 is 4.74 Å². The lowest BCUT2D eigenvalue weighted by atomic mass is 10.3. The van der Waals surface area contributed by atoms with Crippen LogP contribution in [0.5, 0.6) is 5.88 Å². The Morgan fingerprint density at radius 2 is 2.35 bits per heavy atom. The fraction of sp³-hybridized carbons (Fsp3) is 0.333. The average Bonchev–Trinajstić information content (AvgIpc) is 2.84. The number of rotatable bonds is 5. The average molecular weight is 249 g/mol.